The molecule has 0 saturated carbocycles. The first-order valence-corrected chi connectivity index (χ1v) is 11.3. The summed E-state index contributed by atoms with van der Waals surface area (Å²) in [5, 5.41) is 4.99. The number of amides is 1. The number of rotatable bonds is 9. The fourth-order valence-corrected chi connectivity index (χ4v) is 4.42. The molecular weight excluding hydrogens is 458 g/mol. The zero-order chi connectivity index (χ0) is 24.8. The highest BCUT2D eigenvalue weighted by atomic mass is 32.1. The maximum Gasteiger partial charge on any atom is 0.341 e. The summed E-state index contributed by atoms with van der Waals surface area (Å²) >= 11 is 1.23. The van der Waals surface area contributed by atoms with Crippen LogP contribution in [0.15, 0.2) is 35.7 Å². The average Bonchev–Trinajstić information content (AvgIpc) is 3.26. The molecule has 0 spiro atoms. The summed E-state index contributed by atoms with van der Waals surface area (Å²) in [6, 6.07) is 8.77. The highest BCUT2D eigenvalue weighted by Gasteiger charge is 2.26. The summed E-state index contributed by atoms with van der Waals surface area (Å²) in [7, 11) is 5.99. The third-order valence-corrected chi connectivity index (χ3v) is 5.97. The number of esters is 1. The van der Waals surface area contributed by atoms with E-state index in [2.05, 4.69) is 5.32 Å². The van der Waals surface area contributed by atoms with Crippen LogP contribution in [0.4, 0.5) is 5.00 Å². The molecule has 0 saturated heterocycles. The second-order valence-electron chi connectivity index (χ2n) is 7.15. The Morgan fingerprint density at radius 1 is 0.882 bits per heavy atom. The van der Waals surface area contributed by atoms with Gasteiger partial charge < -0.3 is 29.0 Å². The van der Waals surface area contributed by atoms with Crippen molar-refractivity contribution in [1.29, 1.82) is 0 Å². The molecule has 3 rings (SSSR count). The number of carbonyl (C=O) groups is 2. The van der Waals surface area contributed by atoms with Gasteiger partial charge in [-0.2, -0.15) is 0 Å². The zero-order valence-electron chi connectivity index (χ0n) is 19.9. The van der Waals surface area contributed by atoms with E-state index in [-0.39, 0.29) is 17.7 Å². The van der Waals surface area contributed by atoms with E-state index < -0.39 is 11.9 Å². The summed E-state index contributed by atoms with van der Waals surface area (Å²) in [4.78, 5) is 26.1. The number of hydrogen-bond acceptors (Lipinski definition) is 8. The van der Waals surface area contributed by atoms with Gasteiger partial charge in [-0.05, 0) is 38.1 Å². The number of hydrogen-bond donors (Lipinski definition) is 1. The summed E-state index contributed by atoms with van der Waals surface area (Å²) in [6.45, 7) is 3.87. The molecule has 0 unspecified atom stereocenters. The Hall–Kier alpha value is -3.72. The SMILES string of the molecule is CCOC(=O)c1c(-c2cc(C)ccc2OC)csc1NC(=O)c1cc(OC)c(OC)c(OC)c1. The number of thiophene rings is 1. The van der Waals surface area contributed by atoms with Crippen molar-refractivity contribution in [2.24, 2.45) is 0 Å². The summed E-state index contributed by atoms with van der Waals surface area (Å²) in [5.74, 6) is 0.676. The monoisotopic (exact) mass is 485 g/mol. The molecule has 0 atom stereocenters. The van der Waals surface area contributed by atoms with Gasteiger partial charge in [0, 0.05) is 22.1 Å². The molecule has 0 bridgehead atoms. The van der Waals surface area contributed by atoms with Crippen LogP contribution in [0.5, 0.6) is 23.0 Å². The molecule has 8 nitrogen and oxygen atoms in total. The van der Waals surface area contributed by atoms with Gasteiger partial charge in [-0.1, -0.05) is 11.6 Å². The molecule has 9 heteroatoms. The van der Waals surface area contributed by atoms with Gasteiger partial charge in [-0.15, -0.1) is 11.3 Å². The number of methoxy groups -OCH3 is 4. The second-order valence-corrected chi connectivity index (χ2v) is 8.03. The minimum atomic E-state index is -0.539. The van der Waals surface area contributed by atoms with Crippen molar-refractivity contribution >= 4 is 28.2 Å². The van der Waals surface area contributed by atoms with Crippen LogP contribution in [-0.4, -0.2) is 46.9 Å². The van der Waals surface area contributed by atoms with Gasteiger partial charge >= 0.3 is 5.97 Å². The van der Waals surface area contributed by atoms with E-state index in [4.69, 9.17) is 23.7 Å². The Bertz CT molecular complexity index is 1180. The van der Waals surface area contributed by atoms with E-state index in [9.17, 15) is 9.59 Å². The molecule has 0 radical (unpaired) electrons. The minimum absolute atomic E-state index is 0.194. The number of aryl methyl sites for hydroxylation is 1. The van der Waals surface area contributed by atoms with Crippen molar-refractivity contribution in [2.45, 2.75) is 13.8 Å². The quantitative estimate of drug-likeness (QED) is 0.417. The van der Waals surface area contributed by atoms with Crippen molar-refractivity contribution in [3.8, 4) is 34.1 Å². The van der Waals surface area contributed by atoms with Crippen LogP contribution in [0.25, 0.3) is 11.1 Å². The summed E-state index contributed by atoms with van der Waals surface area (Å²) < 4.78 is 26.8. The fraction of sp³-hybridized carbons (Fsp3) is 0.280. The van der Waals surface area contributed by atoms with E-state index in [0.29, 0.717) is 33.6 Å². The molecule has 2 aromatic carbocycles. The topological polar surface area (TPSA) is 92.3 Å². The van der Waals surface area contributed by atoms with E-state index in [1.807, 2.05) is 25.1 Å². The lowest BCUT2D eigenvalue weighted by atomic mass is 10.0. The van der Waals surface area contributed by atoms with Gasteiger partial charge in [0.05, 0.1) is 35.0 Å². The smallest absolute Gasteiger partial charge is 0.341 e. The minimum Gasteiger partial charge on any atom is -0.496 e. The molecule has 1 aromatic heterocycles. The Morgan fingerprint density at radius 3 is 2.09 bits per heavy atom. The molecule has 1 N–H and O–H groups in total. The van der Waals surface area contributed by atoms with Gasteiger partial charge in [0.15, 0.2) is 11.5 Å². The molecule has 1 amide bonds. The summed E-state index contributed by atoms with van der Waals surface area (Å²) in [6.07, 6.45) is 0. The predicted molar refractivity (Wildman–Crippen MR) is 131 cm³/mol. The van der Waals surface area contributed by atoms with E-state index in [0.717, 1.165) is 11.1 Å². The Labute approximate surface area is 202 Å². The summed E-state index contributed by atoms with van der Waals surface area (Å²) in [5.41, 5.74) is 2.88. The Kier molecular flexibility index (Phi) is 8.01. The number of anilines is 1. The molecule has 34 heavy (non-hydrogen) atoms. The van der Waals surface area contributed by atoms with Crippen molar-refractivity contribution < 1.29 is 33.3 Å². The van der Waals surface area contributed by atoms with Crippen LogP contribution in [0.3, 0.4) is 0 Å². The van der Waals surface area contributed by atoms with Crippen molar-refractivity contribution in [3.63, 3.8) is 0 Å². The standard InChI is InChI=1S/C25H27NO7S/c1-7-33-25(28)21-17(16-10-14(2)8-9-18(16)29-3)13-34-24(21)26-23(27)15-11-19(30-4)22(32-6)20(12-15)31-5/h8-13H,7H2,1-6H3,(H,26,27). The van der Waals surface area contributed by atoms with Crippen LogP contribution < -0.4 is 24.3 Å². The van der Waals surface area contributed by atoms with Crippen molar-refractivity contribution in [2.75, 3.05) is 40.4 Å². The number of ether oxygens (including phenoxy) is 5. The third-order valence-electron chi connectivity index (χ3n) is 5.07. The van der Waals surface area contributed by atoms with Gasteiger partial charge in [0.25, 0.3) is 5.91 Å². The fourth-order valence-electron chi connectivity index (χ4n) is 3.47. The lowest BCUT2D eigenvalue weighted by Crippen LogP contribution is -2.15. The van der Waals surface area contributed by atoms with Crippen molar-refractivity contribution in [3.05, 3.63) is 52.4 Å². The molecule has 3 aromatic rings. The van der Waals surface area contributed by atoms with Gasteiger partial charge in [-0.25, -0.2) is 4.79 Å². The highest BCUT2D eigenvalue weighted by molar-refractivity contribution is 7.15. The molecule has 0 fully saturated rings. The Morgan fingerprint density at radius 2 is 1.53 bits per heavy atom. The van der Waals surface area contributed by atoms with Gasteiger partial charge in [0.2, 0.25) is 5.75 Å². The Balaban J connectivity index is 2.07. The molecule has 1 heterocycles. The van der Waals surface area contributed by atoms with Gasteiger partial charge in [0.1, 0.15) is 16.3 Å². The third kappa shape index (κ3) is 4.94. The first-order chi connectivity index (χ1) is 16.4. The van der Waals surface area contributed by atoms with Crippen LogP contribution in [0, 0.1) is 6.92 Å². The predicted octanol–water partition coefficient (Wildman–Crippen LogP) is 5.19. The molecule has 0 aliphatic rings. The maximum atomic E-state index is 13.2. The first kappa shape index (κ1) is 24.9. The van der Waals surface area contributed by atoms with E-state index >= 15 is 0 Å². The lowest BCUT2D eigenvalue weighted by Gasteiger charge is -2.14. The molecule has 0 aliphatic carbocycles. The average molecular weight is 486 g/mol. The number of benzene rings is 2. The molecule has 180 valence electrons. The highest BCUT2D eigenvalue weighted by Crippen LogP contribution is 2.42. The lowest BCUT2D eigenvalue weighted by molar-refractivity contribution is 0.0529. The second kappa shape index (κ2) is 10.9. The molecular formula is C25H27NO7S. The van der Waals surface area contributed by atoms with Crippen LogP contribution in [-0.2, 0) is 4.74 Å². The van der Waals surface area contributed by atoms with Crippen LogP contribution in [0.2, 0.25) is 0 Å². The first-order valence-electron chi connectivity index (χ1n) is 10.4. The number of nitrogens with one attached hydrogen (secondary N) is 1. The zero-order valence-corrected chi connectivity index (χ0v) is 20.8. The van der Waals surface area contributed by atoms with Crippen molar-refractivity contribution in [1.82, 2.24) is 0 Å². The molecule has 0 aliphatic heterocycles. The normalized spacial score (nSPS) is 10.4. The van der Waals surface area contributed by atoms with Gasteiger partial charge in [-0.3, -0.25) is 4.79 Å². The van der Waals surface area contributed by atoms with E-state index in [1.165, 1.54) is 32.7 Å². The van der Waals surface area contributed by atoms with Crippen LogP contribution >= 0.6 is 11.3 Å². The number of carbonyl (C=O) groups excluding carboxylic acids is 2. The van der Waals surface area contributed by atoms with Crippen LogP contribution in [0.1, 0.15) is 33.2 Å². The van der Waals surface area contributed by atoms with E-state index in [1.54, 1.807) is 31.5 Å². The maximum absolute atomic E-state index is 13.2. The largest absolute Gasteiger partial charge is 0.496 e.